The van der Waals surface area contributed by atoms with Crippen molar-refractivity contribution in [2.45, 2.75) is 58.0 Å². The van der Waals surface area contributed by atoms with E-state index in [1.54, 1.807) is 0 Å². The standard InChI is InChI=1S/C20H30N2O2.ClH/c1-15(16-10-12-21-13-11-16)14-20(23)22-18-8-4-5-9-19(18)24-17-6-2-3-7-17;/h4-5,8-9,15-17,21H,2-3,6-7,10-14H2,1H3,(H,22,23);1H. The van der Waals surface area contributed by atoms with Crippen LogP contribution in [0.1, 0.15) is 51.9 Å². The summed E-state index contributed by atoms with van der Waals surface area (Å²) in [6, 6.07) is 7.83. The number of rotatable bonds is 6. The number of carbonyl (C=O) groups excluding carboxylic acids is 1. The van der Waals surface area contributed by atoms with Gasteiger partial charge in [0.2, 0.25) is 5.91 Å². The Balaban J connectivity index is 0.00000225. The molecule has 1 atom stereocenters. The van der Waals surface area contributed by atoms with Crippen molar-refractivity contribution in [3.8, 4) is 5.75 Å². The molecule has 1 aliphatic carbocycles. The lowest BCUT2D eigenvalue weighted by atomic mass is 9.84. The van der Waals surface area contributed by atoms with Crippen molar-refractivity contribution in [1.29, 1.82) is 0 Å². The molecule has 2 N–H and O–H groups in total. The number of hydrogen-bond acceptors (Lipinski definition) is 3. The topological polar surface area (TPSA) is 50.4 Å². The van der Waals surface area contributed by atoms with Crippen LogP contribution in [0.4, 0.5) is 5.69 Å². The number of ether oxygens (including phenoxy) is 1. The van der Waals surface area contributed by atoms with Crippen molar-refractivity contribution in [3.63, 3.8) is 0 Å². The number of carbonyl (C=O) groups is 1. The van der Waals surface area contributed by atoms with E-state index in [-0.39, 0.29) is 18.3 Å². The maximum Gasteiger partial charge on any atom is 0.224 e. The van der Waals surface area contributed by atoms with E-state index in [9.17, 15) is 4.79 Å². The molecule has 1 amide bonds. The second-order valence-electron chi connectivity index (χ2n) is 7.34. The van der Waals surface area contributed by atoms with Gasteiger partial charge in [-0.1, -0.05) is 19.1 Å². The molecule has 5 heteroatoms. The fourth-order valence-electron chi connectivity index (χ4n) is 3.93. The van der Waals surface area contributed by atoms with Crippen molar-refractivity contribution in [2.75, 3.05) is 18.4 Å². The van der Waals surface area contributed by atoms with Crippen LogP contribution < -0.4 is 15.4 Å². The smallest absolute Gasteiger partial charge is 0.224 e. The summed E-state index contributed by atoms with van der Waals surface area (Å²) in [5.74, 6) is 1.99. The van der Waals surface area contributed by atoms with E-state index in [1.165, 1.54) is 25.7 Å². The Kier molecular flexibility index (Phi) is 8.04. The van der Waals surface area contributed by atoms with Gasteiger partial charge in [0.05, 0.1) is 11.8 Å². The molecule has 1 aromatic carbocycles. The first-order chi connectivity index (χ1) is 11.7. The van der Waals surface area contributed by atoms with Gasteiger partial charge in [0, 0.05) is 6.42 Å². The van der Waals surface area contributed by atoms with E-state index >= 15 is 0 Å². The fourth-order valence-corrected chi connectivity index (χ4v) is 3.93. The van der Waals surface area contributed by atoms with Crippen molar-refractivity contribution < 1.29 is 9.53 Å². The molecular weight excluding hydrogens is 336 g/mol. The fraction of sp³-hybridized carbons (Fsp3) is 0.650. The Morgan fingerprint density at radius 3 is 2.60 bits per heavy atom. The van der Waals surface area contributed by atoms with Crippen LogP contribution in [0.5, 0.6) is 5.75 Å². The Bertz CT molecular complexity index is 540. The van der Waals surface area contributed by atoms with Crippen molar-refractivity contribution in [2.24, 2.45) is 11.8 Å². The van der Waals surface area contributed by atoms with Crippen molar-refractivity contribution in [1.82, 2.24) is 5.32 Å². The van der Waals surface area contributed by atoms with Gasteiger partial charge in [0.25, 0.3) is 0 Å². The van der Waals surface area contributed by atoms with Crippen molar-refractivity contribution in [3.05, 3.63) is 24.3 Å². The highest BCUT2D eigenvalue weighted by Crippen LogP contribution is 2.30. The molecular formula is C20H31ClN2O2. The van der Waals surface area contributed by atoms with Gasteiger partial charge in [-0.15, -0.1) is 12.4 Å². The Labute approximate surface area is 157 Å². The maximum absolute atomic E-state index is 12.5. The van der Waals surface area contributed by atoms with E-state index in [1.807, 2.05) is 24.3 Å². The van der Waals surface area contributed by atoms with Crippen LogP contribution in [0.2, 0.25) is 0 Å². The summed E-state index contributed by atoms with van der Waals surface area (Å²) in [6.07, 6.45) is 7.97. The number of nitrogens with one attached hydrogen (secondary N) is 2. The van der Waals surface area contributed by atoms with E-state index in [4.69, 9.17) is 4.74 Å². The molecule has 1 saturated heterocycles. The van der Waals surface area contributed by atoms with Crippen LogP contribution in [0.3, 0.4) is 0 Å². The minimum Gasteiger partial charge on any atom is -0.488 e. The molecule has 140 valence electrons. The zero-order valence-electron chi connectivity index (χ0n) is 15.1. The summed E-state index contributed by atoms with van der Waals surface area (Å²) in [7, 11) is 0. The molecule has 1 aliphatic heterocycles. The van der Waals surface area contributed by atoms with Gasteiger partial charge in [0.1, 0.15) is 5.75 Å². The zero-order chi connectivity index (χ0) is 16.8. The first-order valence-electron chi connectivity index (χ1n) is 9.48. The Morgan fingerprint density at radius 2 is 1.88 bits per heavy atom. The Morgan fingerprint density at radius 1 is 1.20 bits per heavy atom. The van der Waals surface area contributed by atoms with E-state index in [0.29, 0.717) is 24.4 Å². The molecule has 2 aliphatic rings. The third-order valence-corrected chi connectivity index (χ3v) is 5.45. The lowest BCUT2D eigenvalue weighted by molar-refractivity contribution is -0.117. The van der Waals surface area contributed by atoms with Crippen LogP contribution in [-0.2, 0) is 4.79 Å². The normalized spacial score (nSPS) is 19.9. The quantitative estimate of drug-likeness (QED) is 0.784. The van der Waals surface area contributed by atoms with Crippen LogP contribution in [-0.4, -0.2) is 25.1 Å². The molecule has 0 radical (unpaired) electrons. The molecule has 3 rings (SSSR count). The summed E-state index contributed by atoms with van der Waals surface area (Å²) in [5, 5.41) is 6.46. The predicted octanol–water partition coefficient (Wildman–Crippen LogP) is 4.39. The van der Waals surface area contributed by atoms with Gasteiger partial charge >= 0.3 is 0 Å². The molecule has 0 aromatic heterocycles. The summed E-state index contributed by atoms with van der Waals surface area (Å²) in [5.41, 5.74) is 0.812. The second kappa shape index (κ2) is 10.0. The number of piperidine rings is 1. The highest BCUT2D eigenvalue weighted by atomic mass is 35.5. The van der Waals surface area contributed by atoms with Gasteiger partial charge in [0.15, 0.2) is 0 Å². The largest absolute Gasteiger partial charge is 0.488 e. The summed E-state index contributed by atoms with van der Waals surface area (Å²) < 4.78 is 6.11. The molecule has 1 aromatic rings. The first-order valence-corrected chi connectivity index (χ1v) is 9.48. The van der Waals surface area contributed by atoms with E-state index in [2.05, 4.69) is 17.6 Å². The number of amides is 1. The number of halogens is 1. The van der Waals surface area contributed by atoms with Crippen LogP contribution in [0.25, 0.3) is 0 Å². The number of para-hydroxylation sites is 2. The molecule has 2 fully saturated rings. The molecule has 4 nitrogen and oxygen atoms in total. The first kappa shape index (κ1) is 20.1. The Hall–Kier alpha value is -1.26. The minimum absolute atomic E-state index is 0. The molecule has 25 heavy (non-hydrogen) atoms. The summed E-state index contributed by atoms with van der Waals surface area (Å²) >= 11 is 0. The second-order valence-corrected chi connectivity index (χ2v) is 7.34. The molecule has 0 spiro atoms. The van der Waals surface area contributed by atoms with Crippen LogP contribution in [0.15, 0.2) is 24.3 Å². The van der Waals surface area contributed by atoms with Gasteiger partial charge in [-0.05, 0) is 75.6 Å². The average molecular weight is 367 g/mol. The van der Waals surface area contributed by atoms with E-state index < -0.39 is 0 Å². The van der Waals surface area contributed by atoms with Gasteiger partial charge in [-0.3, -0.25) is 4.79 Å². The third kappa shape index (κ3) is 5.89. The lowest BCUT2D eigenvalue weighted by Crippen LogP contribution is -2.32. The SMILES string of the molecule is CC(CC(=O)Nc1ccccc1OC1CCCC1)C1CCNCC1.Cl. The van der Waals surface area contributed by atoms with Gasteiger partial charge in [-0.2, -0.15) is 0 Å². The highest BCUT2D eigenvalue weighted by Gasteiger charge is 2.23. The molecule has 1 unspecified atom stereocenters. The highest BCUT2D eigenvalue weighted by molar-refractivity contribution is 5.92. The average Bonchev–Trinajstić information content (AvgIpc) is 3.10. The molecule has 1 saturated carbocycles. The summed E-state index contributed by atoms with van der Waals surface area (Å²) in [4.78, 5) is 12.5. The number of benzene rings is 1. The molecule has 1 heterocycles. The monoisotopic (exact) mass is 366 g/mol. The van der Waals surface area contributed by atoms with Crippen LogP contribution >= 0.6 is 12.4 Å². The van der Waals surface area contributed by atoms with E-state index in [0.717, 1.165) is 37.4 Å². The van der Waals surface area contributed by atoms with Gasteiger partial charge in [-0.25, -0.2) is 0 Å². The molecule has 0 bridgehead atoms. The van der Waals surface area contributed by atoms with Crippen LogP contribution in [0, 0.1) is 11.8 Å². The lowest BCUT2D eigenvalue weighted by Gasteiger charge is -2.28. The third-order valence-electron chi connectivity index (χ3n) is 5.45. The van der Waals surface area contributed by atoms with Crippen molar-refractivity contribution >= 4 is 24.0 Å². The minimum atomic E-state index is 0. The zero-order valence-corrected chi connectivity index (χ0v) is 15.9. The predicted molar refractivity (Wildman–Crippen MR) is 105 cm³/mol. The number of hydrogen-bond donors (Lipinski definition) is 2. The van der Waals surface area contributed by atoms with Gasteiger partial charge < -0.3 is 15.4 Å². The summed E-state index contributed by atoms with van der Waals surface area (Å²) in [6.45, 7) is 4.36. The number of anilines is 1. The maximum atomic E-state index is 12.5.